The quantitative estimate of drug-likeness (QED) is 0.825. The molecule has 2 heterocycles. The van der Waals surface area contributed by atoms with Crippen LogP contribution in [0, 0.1) is 0 Å². The monoisotopic (exact) mass is 354 g/mol. The van der Waals surface area contributed by atoms with Crippen LogP contribution in [0.2, 0.25) is 0 Å². The van der Waals surface area contributed by atoms with Crippen molar-refractivity contribution in [3.8, 4) is 17.0 Å². The Morgan fingerprint density at radius 2 is 2.04 bits per heavy atom. The number of rotatable bonds is 5. The number of amides is 1. The largest absolute Gasteiger partial charge is 0.496 e. The maximum atomic E-state index is 12.1. The zero-order valence-corrected chi connectivity index (χ0v) is 15.7. The molecule has 0 unspecified atom stereocenters. The van der Waals surface area contributed by atoms with Crippen molar-refractivity contribution >= 4 is 5.91 Å². The highest BCUT2D eigenvalue weighted by molar-refractivity contribution is 5.77. The van der Waals surface area contributed by atoms with Gasteiger partial charge in [0, 0.05) is 44.5 Å². The summed E-state index contributed by atoms with van der Waals surface area (Å²) in [5.74, 6) is 1.19. The van der Waals surface area contributed by atoms with Crippen molar-refractivity contribution in [1.29, 1.82) is 0 Å². The molecule has 3 rings (SSSR count). The maximum absolute atomic E-state index is 12.1. The number of carbonyl (C=O) groups is 1. The van der Waals surface area contributed by atoms with Crippen LogP contribution < -0.4 is 4.74 Å². The maximum Gasteiger partial charge on any atom is 0.236 e. The summed E-state index contributed by atoms with van der Waals surface area (Å²) in [6, 6.07) is 7.89. The van der Waals surface area contributed by atoms with Crippen molar-refractivity contribution in [3.63, 3.8) is 0 Å². The Balaban J connectivity index is 1.87. The highest BCUT2D eigenvalue weighted by atomic mass is 16.5. The van der Waals surface area contributed by atoms with Gasteiger partial charge in [-0.2, -0.15) is 0 Å². The van der Waals surface area contributed by atoms with E-state index in [-0.39, 0.29) is 11.8 Å². The van der Waals surface area contributed by atoms with Gasteiger partial charge in [-0.25, -0.2) is 0 Å². The van der Waals surface area contributed by atoms with E-state index in [1.54, 1.807) is 38.5 Å². The first-order valence-electron chi connectivity index (χ1n) is 8.97. The van der Waals surface area contributed by atoms with Crippen LogP contribution in [0.15, 0.2) is 36.7 Å². The predicted octanol–water partition coefficient (Wildman–Crippen LogP) is 2.42. The molecule has 0 radical (unpaired) electrons. The topological polar surface area (TPSA) is 58.6 Å². The Morgan fingerprint density at radius 3 is 2.81 bits per heavy atom. The van der Waals surface area contributed by atoms with Gasteiger partial charge in [0.25, 0.3) is 0 Å². The highest BCUT2D eigenvalue weighted by Crippen LogP contribution is 2.35. The summed E-state index contributed by atoms with van der Waals surface area (Å²) in [5, 5.41) is 0. The van der Waals surface area contributed by atoms with E-state index in [0.29, 0.717) is 6.54 Å². The molecule has 26 heavy (non-hydrogen) atoms. The van der Waals surface area contributed by atoms with E-state index >= 15 is 0 Å². The lowest BCUT2D eigenvalue weighted by Gasteiger charge is -2.33. The molecule has 1 aromatic heterocycles. The number of nitrogens with zero attached hydrogens (tertiary/aromatic N) is 4. The van der Waals surface area contributed by atoms with Crippen molar-refractivity contribution in [3.05, 3.63) is 42.4 Å². The van der Waals surface area contributed by atoms with Crippen LogP contribution >= 0.6 is 0 Å². The second-order valence-corrected chi connectivity index (χ2v) is 6.85. The molecular formula is C20H26N4O2. The van der Waals surface area contributed by atoms with Gasteiger partial charge in [-0.3, -0.25) is 19.7 Å². The van der Waals surface area contributed by atoms with Crippen molar-refractivity contribution in [1.82, 2.24) is 19.8 Å². The van der Waals surface area contributed by atoms with E-state index in [1.807, 2.05) is 24.3 Å². The Labute approximate surface area is 154 Å². The standard InChI is InChI=1S/C20H26N4O2/c1-23(2)18(25)14-24-12-6-7-15(13-24)19-20(22-11-10-21-19)16-8-4-5-9-17(16)26-3/h4-5,8-11,15H,6-7,12-14H2,1-3H3/t15-/m1/s1. The summed E-state index contributed by atoms with van der Waals surface area (Å²) < 4.78 is 5.51. The third-order valence-corrected chi connectivity index (χ3v) is 4.84. The number of hydrogen-bond donors (Lipinski definition) is 0. The summed E-state index contributed by atoms with van der Waals surface area (Å²) in [6.07, 6.45) is 5.57. The lowest BCUT2D eigenvalue weighted by Crippen LogP contribution is -2.41. The van der Waals surface area contributed by atoms with E-state index in [2.05, 4.69) is 14.9 Å². The fourth-order valence-corrected chi connectivity index (χ4v) is 3.45. The minimum atomic E-state index is 0.134. The summed E-state index contributed by atoms with van der Waals surface area (Å²) in [5.41, 5.74) is 2.81. The van der Waals surface area contributed by atoms with E-state index in [1.165, 1.54) is 0 Å². The smallest absolute Gasteiger partial charge is 0.236 e. The predicted molar refractivity (Wildman–Crippen MR) is 101 cm³/mol. The molecule has 0 bridgehead atoms. The first-order valence-corrected chi connectivity index (χ1v) is 8.97. The van der Waals surface area contributed by atoms with Gasteiger partial charge < -0.3 is 9.64 Å². The molecule has 1 atom stereocenters. The number of ether oxygens (including phenoxy) is 1. The Hall–Kier alpha value is -2.47. The van der Waals surface area contributed by atoms with Crippen molar-refractivity contribution < 1.29 is 9.53 Å². The molecule has 138 valence electrons. The molecule has 1 fully saturated rings. The fraction of sp³-hybridized carbons (Fsp3) is 0.450. The molecule has 6 nitrogen and oxygen atoms in total. The number of carbonyl (C=O) groups excluding carboxylic acids is 1. The van der Waals surface area contributed by atoms with E-state index in [0.717, 1.165) is 48.6 Å². The van der Waals surface area contributed by atoms with Gasteiger partial charge in [-0.15, -0.1) is 0 Å². The van der Waals surface area contributed by atoms with Crippen LogP contribution in [0.5, 0.6) is 5.75 Å². The second-order valence-electron chi connectivity index (χ2n) is 6.85. The summed E-state index contributed by atoms with van der Waals surface area (Å²) >= 11 is 0. The molecule has 6 heteroatoms. The number of para-hydroxylation sites is 1. The van der Waals surface area contributed by atoms with Gasteiger partial charge in [0.1, 0.15) is 5.75 Å². The molecule has 1 aliphatic rings. The van der Waals surface area contributed by atoms with Gasteiger partial charge in [-0.05, 0) is 31.5 Å². The van der Waals surface area contributed by atoms with Crippen LogP contribution in [0.1, 0.15) is 24.5 Å². The fourth-order valence-electron chi connectivity index (χ4n) is 3.45. The van der Waals surface area contributed by atoms with Crippen LogP contribution in [-0.2, 0) is 4.79 Å². The third-order valence-electron chi connectivity index (χ3n) is 4.84. The molecule has 1 saturated heterocycles. The molecule has 2 aromatic rings. The summed E-state index contributed by atoms with van der Waals surface area (Å²) in [4.78, 5) is 25.2. The van der Waals surface area contributed by atoms with Crippen molar-refractivity contribution in [2.75, 3.05) is 40.8 Å². The number of likely N-dealkylation sites (tertiary alicyclic amines) is 1. The first-order chi connectivity index (χ1) is 12.6. The van der Waals surface area contributed by atoms with Crippen LogP contribution in [-0.4, -0.2) is 66.5 Å². The van der Waals surface area contributed by atoms with E-state index in [9.17, 15) is 4.79 Å². The molecule has 0 N–H and O–H groups in total. The molecule has 1 aliphatic heterocycles. The van der Waals surface area contributed by atoms with Gasteiger partial charge >= 0.3 is 0 Å². The van der Waals surface area contributed by atoms with Gasteiger partial charge in [0.2, 0.25) is 5.91 Å². The number of hydrogen-bond acceptors (Lipinski definition) is 5. The van der Waals surface area contributed by atoms with Gasteiger partial charge in [0.15, 0.2) is 0 Å². The molecular weight excluding hydrogens is 328 g/mol. The second kappa shape index (κ2) is 8.27. The summed E-state index contributed by atoms with van der Waals surface area (Å²) in [6.45, 7) is 2.22. The average molecular weight is 354 g/mol. The van der Waals surface area contributed by atoms with Crippen LogP contribution in [0.25, 0.3) is 11.3 Å². The zero-order chi connectivity index (χ0) is 18.5. The molecule has 1 amide bonds. The molecule has 1 aromatic carbocycles. The Bertz CT molecular complexity index is 763. The summed E-state index contributed by atoms with van der Waals surface area (Å²) in [7, 11) is 5.27. The first kappa shape index (κ1) is 18.3. The average Bonchev–Trinajstić information content (AvgIpc) is 2.68. The molecule has 0 spiro atoms. The number of methoxy groups -OCH3 is 1. The molecule has 0 saturated carbocycles. The Kier molecular flexibility index (Phi) is 5.83. The highest BCUT2D eigenvalue weighted by Gasteiger charge is 2.27. The third kappa shape index (κ3) is 4.02. The molecule has 0 aliphatic carbocycles. The SMILES string of the molecule is COc1ccccc1-c1nccnc1[C@@H]1CCCN(CC(=O)N(C)C)C1. The number of aromatic nitrogens is 2. The van der Waals surface area contributed by atoms with Gasteiger partial charge in [0.05, 0.1) is 25.0 Å². The minimum Gasteiger partial charge on any atom is -0.496 e. The number of piperidine rings is 1. The zero-order valence-electron chi connectivity index (χ0n) is 15.7. The minimum absolute atomic E-state index is 0.134. The van der Waals surface area contributed by atoms with E-state index in [4.69, 9.17) is 4.74 Å². The number of benzene rings is 1. The lowest BCUT2D eigenvalue weighted by molar-refractivity contribution is -0.130. The van der Waals surface area contributed by atoms with Gasteiger partial charge in [-0.1, -0.05) is 12.1 Å². The van der Waals surface area contributed by atoms with Crippen LogP contribution in [0.3, 0.4) is 0 Å². The number of likely N-dealkylation sites (N-methyl/N-ethyl adjacent to an activating group) is 1. The Morgan fingerprint density at radius 1 is 1.27 bits per heavy atom. The van der Waals surface area contributed by atoms with Crippen LogP contribution in [0.4, 0.5) is 0 Å². The normalized spacial score (nSPS) is 17.7. The van der Waals surface area contributed by atoms with E-state index < -0.39 is 0 Å². The van der Waals surface area contributed by atoms with Crippen molar-refractivity contribution in [2.45, 2.75) is 18.8 Å². The lowest BCUT2D eigenvalue weighted by atomic mass is 9.91. The van der Waals surface area contributed by atoms with Crippen molar-refractivity contribution in [2.24, 2.45) is 0 Å².